The van der Waals surface area contributed by atoms with Crippen LogP contribution in [-0.2, 0) is 0 Å². The molecule has 0 spiro atoms. The number of benzene rings is 3. The molecule has 28 heavy (non-hydrogen) atoms. The molecule has 0 aromatic heterocycles. The summed E-state index contributed by atoms with van der Waals surface area (Å²) in [5.41, 5.74) is 4.44. The average Bonchev–Trinajstić information content (AvgIpc) is 2.74. The third-order valence-corrected chi connectivity index (χ3v) is 15.5. The Morgan fingerprint density at radius 2 is 1.07 bits per heavy atom. The van der Waals surface area contributed by atoms with Crippen molar-refractivity contribution in [2.75, 3.05) is 6.16 Å². The zero-order chi connectivity index (χ0) is 19.2. The molecular weight excluding hydrogens is 493 g/mol. The molecule has 3 aromatic carbocycles. The van der Waals surface area contributed by atoms with Crippen molar-refractivity contribution in [3.8, 4) is 0 Å². The van der Waals surface area contributed by atoms with E-state index >= 15 is 0 Å². The first-order valence-electron chi connectivity index (χ1n) is 9.82. The standard InChI is InChI=1S/C24H29BrNP.BrH/c1-2-12-21(26)19-20-27(25,22-13-6-3-7-14-22,23-15-8-4-9-16-23)24-17-10-5-11-18-24;/h3-11,13-18,21H,2,12,19-20,26H2,1H3;1H. The molecule has 0 amide bonds. The van der Waals surface area contributed by atoms with E-state index in [1.165, 1.54) is 28.8 Å². The Bertz CT molecular complexity index is 741. The molecule has 1 unspecified atom stereocenters. The van der Waals surface area contributed by atoms with Crippen molar-refractivity contribution in [3.63, 3.8) is 0 Å². The van der Waals surface area contributed by atoms with Crippen LogP contribution in [0.2, 0.25) is 0 Å². The number of hydrogen-bond acceptors (Lipinski definition) is 0. The second-order valence-corrected chi connectivity index (χ2v) is 16.4. The van der Waals surface area contributed by atoms with Crippen LogP contribution in [0.5, 0.6) is 0 Å². The van der Waals surface area contributed by atoms with Gasteiger partial charge in [-0.2, -0.15) is 0 Å². The van der Waals surface area contributed by atoms with E-state index in [1.54, 1.807) is 0 Å². The van der Waals surface area contributed by atoms with Gasteiger partial charge in [-0.3, -0.25) is 0 Å². The second kappa shape index (κ2) is 10.2. The van der Waals surface area contributed by atoms with Crippen molar-refractivity contribution in [2.24, 2.45) is 0 Å². The van der Waals surface area contributed by atoms with Crippen LogP contribution in [0.15, 0.2) is 91.0 Å². The molecule has 0 saturated carbocycles. The minimum atomic E-state index is -2.76. The monoisotopic (exact) mass is 521 g/mol. The van der Waals surface area contributed by atoms with Crippen LogP contribution in [0.1, 0.15) is 26.2 Å². The van der Waals surface area contributed by atoms with Gasteiger partial charge in [-0.25, -0.2) is 0 Å². The molecule has 0 aliphatic heterocycles. The number of hydrogen-bond donors (Lipinski definition) is 1. The summed E-state index contributed by atoms with van der Waals surface area (Å²) in [5.74, 6) is 0. The predicted molar refractivity (Wildman–Crippen MR) is 125 cm³/mol. The molecule has 0 aliphatic carbocycles. The summed E-state index contributed by atoms with van der Waals surface area (Å²) in [7, 11) is 0. The van der Waals surface area contributed by atoms with E-state index in [9.17, 15) is 0 Å². The summed E-state index contributed by atoms with van der Waals surface area (Å²) >= 11 is 4.50. The molecule has 3 rings (SSSR count). The zero-order valence-electron chi connectivity index (χ0n) is 16.5. The Morgan fingerprint density at radius 1 is 0.714 bits per heavy atom. The van der Waals surface area contributed by atoms with Crippen LogP contribution in [0.25, 0.3) is 0 Å². The number of quaternary nitrogens is 1. The molecule has 4 heteroatoms. The SMILES string of the molecule is CCCC([NH3+])CCP(Br)(c1ccccc1)(c1ccccc1)c1ccccc1.[Br-]. The van der Waals surface area contributed by atoms with Crippen molar-refractivity contribution >= 4 is 36.7 Å². The van der Waals surface area contributed by atoms with Crippen LogP contribution in [0, 0.1) is 0 Å². The molecule has 0 fully saturated rings. The van der Waals surface area contributed by atoms with E-state index in [1.807, 2.05) is 0 Å². The van der Waals surface area contributed by atoms with Gasteiger partial charge in [0, 0.05) is 0 Å². The summed E-state index contributed by atoms with van der Waals surface area (Å²) in [6, 6.07) is 33.6. The Hall–Kier alpha value is -0.990. The normalized spacial score (nSPS) is 13.8. The van der Waals surface area contributed by atoms with E-state index in [-0.39, 0.29) is 17.0 Å². The van der Waals surface area contributed by atoms with Crippen LogP contribution in [-0.4, -0.2) is 12.2 Å². The number of rotatable bonds is 8. The summed E-state index contributed by atoms with van der Waals surface area (Å²) in [6.07, 6.45) is 4.56. The smallest absolute Gasteiger partial charge is 1.00 e. The second-order valence-electron chi connectivity index (χ2n) is 7.36. The Labute approximate surface area is 188 Å². The van der Waals surface area contributed by atoms with Crippen molar-refractivity contribution < 1.29 is 22.7 Å². The molecule has 0 aliphatic rings. The van der Waals surface area contributed by atoms with Crippen LogP contribution in [0.3, 0.4) is 0 Å². The van der Waals surface area contributed by atoms with Gasteiger partial charge in [-0.1, -0.05) is 0 Å². The van der Waals surface area contributed by atoms with E-state index in [0.29, 0.717) is 6.04 Å². The maximum Gasteiger partial charge on any atom is -1.00 e. The molecule has 150 valence electrons. The van der Waals surface area contributed by atoms with E-state index < -0.39 is 5.31 Å². The molecule has 0 heterocycles. The summed E-state index contributed by atoms with van der Waals surface area (Å²) in [5, 5.41) is 1.42. The van der Waals surface area contributed by atoms with Gasteiger partial charge in [0.15, 0.2) is 0 Å². The minimum Gasteiger partial charge on any atom is -1.00 e. The van der Waals surface area contributed by atoms with E-state index in [2.05, 4.69) is 119 Å². The van der Waals surface area contributed by atoms with E-state index in [0.717, 1.165) is 12.6 Å². The fraction of sp³-hybridized carbons (Fsp3) is 0.250. The van der Waals surface area contributed by atoms with Crippen LogP contribution < -0.4 is 38.6 Å². The first-order chi connectivity index (χ1) is 13.1. The average molecular weight is 523 g/mol. The van der Waals surface area contributed by atoms with Crippen molar-refractivity contribution in [2.45, 2.75) is 32.2 Å². The maximum absolute atomic E-state index is 4.50. The van der Waals surface area contributed by atoms with E-state index in [4.69, 9.17) is 0 Å². The van der Waals surface area contributed by atoms with Crippen LogP contribution in [0.4, 0.5) is 0 Å². The third kappa shape index (κ3) is 4.44. The quantitative estimate of drug-likeness (QED) is 0.435. The van der Waals surface area contributed by atoms with Gasteiger partial charge in [0.2, 0.25) is 0 Å². The van der Waals surface area contributed by atoms with Gasteiger partial charge in [0.05, 0.1) is 0 Å². The molecule has 1 atom stereocenters. The first-order valence-corrected chi connectivity index (χ1v) is 14.3. The summed E-state index contributed by atoms with van der Waals surface area (Å²) < 4.78 is 0. The maximum atomic E-state index is 4.50. The first kappa shape index (κ1) is 23.3. The summed E-state index contributed by atoms with van der Waals surface area (Å²) in [4.78, 5) is 0. The third-order valence-electron chi connectivity index (χ3n) is 5.54. The van der Waals surface area contributed by atoms with Gasteiger partial charge in [-0.05, 0) is 0 Å². The molecule has 0 bridgehead atoms. The van der Waals surface area contributed by atoms with Crippen molar-refractivity contribution in [1.82, 2.24) is 0 Å². The Morgan fingerprint density at radius 3 is 1.39 bits per heavy atom. The molecular formula is C24H30Br2NP. The van der Waals surface area contributed by atoms with Gasteiger partial charge in [-0.15, -0.1) is 0 Å². The van der Waals surface area contributed by atoms with Crippen molar-refractivity contribution in [1.29, 1.82) is 0 Å². The molecule has 3 aromatic rings. The van der Waals surface area contributed by atoms with Gasteiger partial charge < -0.3 is 17.0 Å². The molecule has 1 nitrogen and oxygen atoms in total. The molecule has 3 N–H and O–H groups in total. The summed E-state index contributed by atoms with van der Waals surface area (Å²) in [6.45, 7) is 2.25. The zero-order valence-corrected chi connectivity index (χ0v) is 20.5. The minimum absolute atomic E-state index is 0. The topological polar surface area (TPSA) is 27.6 Å². The Kier molecular flexibility index (Phi) is 8.45. The predicted octanol–water partition coefficient (Wildman–Crippen LogP) is 1.63. The van der Waals surface area contributed by atoms with Gasteiger partial charge >= 0.3 is 172 Å². The largest absolute Gasteiger partial charge is 1.00 e. The van der Waals surface area contributed by atoms with Gasteiger partial charge in [0.1, 0.15) is 0 Å². The molecule has 0 radical (unpaired) electrons. The van der Waals surface area contributed by atoms with Crippen molar-refractivity contribution in [3.05, 3.63) is 91.0 Å². The van der Waals surface area contributed by atoms with Gasteiger partial charge in [0.25, 0.3) is 0 Å². The molecule has 0 saturated heterocycles. The fourth-order valence-electron chi connectivity index (χ4n) is 4.03. The van der Waals surface area contributed by atoms with Crippen LogP contribution >= 0.6 is 20.8 Å². The number of halogens is 2. The Balaban J connectivity index is 0.00000280. The fourth-order valence-corrected chi connectivity index (χ4v) is 11.7.